The Labute approximate surface area is 124 Å². The summed E-state index contributed by atoms with van der Waals surface area (Å²) >= 11 is 0. The molecule has 1 amide bonds. The van der Waals surface area contributed by atoms with Gasteiger partial charge in [-0.3, -0.25) is 4.79 Å². The first kappa shape index (κ1) is 14.8. The zero-order valence-corrected chi connectivity index (χ0v) is 12.2. The average molecular weight is 296 g/mol. The molecule has 0 radical (unpaired) electrons. The number of rotatable bonds is 5. The van der Waals surface area contributed by atoms with Crippen molar-refractivity contribution >= 4 is 11.9 Å². The normalized spacial score (nSPS) is 38.4. The topological polar surface area (TPSA) is 87.7 Å². The summed E-state index contributed by atoms with van der Waals surface area (Å²) in [5, 5.41) is 15.3. The molecule has 0 aromatic heterocycles. The highest BCUT2D eigenvalue weighted by Crippen LogP contribution is 2.32. The van der Waals surface area contributed by atoms with Crippen LogP contribution in [0, 0.1) is 5.92 Å². The molecule has 3 aliphatic heterocycles. The Morgan fingerprint density at radius 3 is 2.48 bits per heavy atom. The van der Waals surface area contributed by atoms with E-state index in [-0.39, 0.29) is 12.0 Å². The van der Waals surface area contributed by atoms with Crippen molar-refractivity contribution in [3.8, 4) is 0 Å². The van der Waals surface area contributed by atoms with E-state index in [1.54, 1.807) is 0 Å². The summed E-state index contributed by atoms with van der Waals surface area (Å²) in [7, 11) is 0. The lowest BCUT2D eigenvalue weighted by Gasteiger charge is -2.28. The van der Waals surface area contributed by atoms with Gasteiger partial charge in [-0.1, -0.05) is 0 Å². The molecule has 3 fully saturated rings. The fraction of sp³-hybridized carbons (Fsp3) is 0.867. The van der Waals surface area contributed by atoms with Crippen molar-refractivity contribution in [3.63, 3.8) is 0 Å². The van der Waals surface area contributed by atoms with E-state index >= 15 is 0 Å². The second kappa shape index (κ2) is 6.32. The summed E-state index contributed by atoms with van der Waals surface area (Å²) < 4.78 is 5.38. The zero-order valence-electron chi connectivity index (χ0n) is 12.2. The van der Waals surface area contributed by atoms with E-state index in [0.29, 0.717) is 43.8 Å². The van der Waals surface area contributed by atoms with E-state index in [1.807, 2.05) is 0 Å². The SMILES string of the molecule is O=C(CC1CC2CCC(C1)N2)NCC1CCC(C(=O)O)O1. The first-order valence-electron chi connectivity index (χ1n) is 8.01. The minimum atomic E-state index is -0.908. The predicted octanol–water partition coefficient (Wildman–Crippen LogP) is 0.656. The van der Waals surface area contributed by atoms with Crippen LogP contribution in [0.1, 0.15) is 44.9 Å². The molecule has 4 atom stereocenters. The molecule has 0 saturated carbocycles. The third-order valence-electron chi connectivity index (χ3n) is 4.95. The van der Waals surface area contributed by atoms with Crippen molar-refractivity contribution < 1.29 is 19.4 Å². The van der Waals surface area contributed by atoms with Crippen molar-refractivity contribution in [1.82, 2.24) is 10.6 Å². The maximum absolute atomic E-state index is 12.0. The first-order valence-corrected chi connectivity index (χ1v) is 8.01. The van der Waals surface area contributed by atoms with E-state index in [2.05, 4.69) is 10.6 Å². The molecule has 0 aromatic rings. The van der Waals surface area contributed by atoms with E-state index in [1.165, 1.54) is 12.8 Å². The fourth-order valence-electron chi connectivity index (χ4n) is 3.94. The molecule has 0 aliphatic carbocycles. The number of amides is 1. The minimum absolute atomic E-state index is 0.0728. The van der Waals surface area contributed by atoms with Crippen molar-refractivity contribution in [1.29, 1.82) is 0 Å². The number of hydrogen-bond acceptors (Lipinski definition) is 4. The molecular weight excluding hydrogens is 272 g/mol. The van der Waals surface area contributed by atoms with Crippen molar-refractivity contribution in [2.45, 2.75) is 69.2 Å². The highest BCUT2D eigenvalue weighted by atomic mass is 16.5. The molecule has 6 heteroatoms. The molecule has 3 N–H and O–H groups in total. The molecule has 3 rings (SSSR count). The number of carbonyl (C=O) groups is 2. The molecule has 3 saturated heterocycles. The van der Waals surface area contributed by atoms with E-state index < -0.39 is 12.1 Å². The van der Waals surface area contributed by atoms with E-state index in [4.69, 9.17) is 9.84 Å². The summed E-state index contributed by atoms with van der Waals surface area (Å²) in [5.41, 5.74) is 0. The predicted molar refractivity (Wildman–Crippen MR) is 75.8 cm³/mol. The molecule has 21 heavy (non-hydrogen) atoms. The smallest absolute Gasteiger partial charge is 0.332 e. The van der Waals surface area contributed by atoms with Gasteiger partial charge in [0.15, 0.2) is 6.10 Å². The van der Waals surface area contributed by atoms with Gasteiger partial charge < -0.3 is 20.5 Å². The standard InChI is InChI=1S/C15H24N2O4/c18-14(7-9-5-10-1-2-11(6-9)17-10)16-8-12-3-4-13(21-12)15(19)20/h9-13,17H,1-8H2,(H,16,18)(H,19,20). The Bertz CT molecular complexity index is 402. The van der Waals surface area contributed by atoms with Crippen LogP contribution >= 0.6 is 0 Å². The number of carboxylic acid groups (broad SMARTS) is 1. The second-order valence-electron chi connectivity index (χ2n) is 6.65. The number of aliphatic carboxylic acids is 1. The van der Waals surface area contributed by atoms with Crippen LogP contribution in [-0.4, -0.2) is 47.8 Å². The van der Waals surface area contributed by atoms with Crippen LogP contribution in [0.2, 0.25) is 0 Å². The van der Waals surface area contributed by atoms with Crippen molar-refractivity contribution in [2.24, 2.45) is 5.92 Å². The first-order chi connectivity index (χ1) is 10.1. The van der Waals surface area contributed by atoms with Crippen molar-refractivity contribution in [3.05, 3.63) is 0 Å². The lowest BCUT2D eigenvalue weighted by Crippen LogP contribution is -2.40. The van der Waals surface area contributed by atoms with Crippen LogP contribution in [0.4, 0.5) is 0 Å². The van der Waals surface area contributed by atoms with Gasteiger partial charge >= 0.3 is 5.97 Å². The van der Waals surface area contributed by atoms with Gasteiger partial charge in [-0.15, -0.1) is 0 Å². The quantitative estimate of drug-likeness (QED) is 0.693. The molecular formula is C15H24N2O4. The summed E-state index contributed by atoms with van der Waals surface area (Å²) in [6, 6.07) is 1.21. The number of carboxylic acids is 1. The zero-order chi connectivity index (χ0) is 14.8. The van der Waals surface area contributed by atoms with Crippen LogP contribution in [0.3, 0.4) is 0 Å². The number of fused-ring (bicyclic) bond motifs is 2. The second-order valence-corrected chi connectivity index (χ2v) is 6.65. The van der Waals surface area contributed by atoms with Gasteiger partial charge in [0.1, 0.15) is 0 Å². The lowest BCUT2D eigenvalue weighted by molar-refractivity contribution is -0.149. The number of piperidine rings is 1. The number of hydrogen-bond donors (Lipinski definition) is 3. The number of carbonyl (C=O) groups excluding carboxylic acids is 1. The van der Waals surface area contributed by atoms with Gasteiger partial charge in [0.25, 0.3) is 0 Å². The van der Waals surface area contributed by atoms with Gasteiger partial charge in [-0.05, 0) is 44.4 Å². The number of nitrogens with one attached hydrogen (secondary N) is 2. The Morgan fingerprint density at radius 1 is 1.14 bits per heavy atom. The Balaban J connectivity index is 1.36. The molecule has 3 aliphatic rings. The molecule has 118 valence electrons. The van der Waals surface area contributed by atoms with E-state index in [9.17, 15) is 9.59 Å². The molecule has 4 unspecified atom stereocenters. The minimum Gasteiger partial charge on any atom is -0.479 e. The molecule has 0 spiro atoms. The van der Waals surface area contributed by atoms with Crippen LogP contribution in [0.5, 0.6) is 0 Å². The molecule has 2 bridgehead atoms. The van der Waals surface area contributed by atoms with E-state index in [0.717, 1.165) is 12.8 Å². The molecule has 6 nitrogen and oxygen atoms in total. The Hall–Kier alpha value is -1.14. The fourth-order valence-corrected chi connectivity index (χ4v) is 3.94. The largest absolute Gasteiger partial charge is 0.479 e. The summed E-state index contributed by atoms with van der Waals surface area (Å²) in [4.78, 5) is 22.8. The Morgan fingerprint density at radius 2 is 1.86 bits per heavy atom. The van der Waals surface area contributed by atoms with Gasteiger partial charge in [0, 0.05) is 25.0 Å². The Kier molecular flexibility index (Phi) is 4.45. The molecule has 3 heterocycles. The van der Waals surface area contributed by atoms with Crippen LogP contribution < -0.4 is 10.6 Å². The average Bonchev–Trinajstić information content (AvgIpc) is 3.03. The van der Waals surface area contributed by atoms with Gasteiger partial charge in [-0.25, -0.2) is 4.79 Å². The lowest BCUT2D eigenvalue weighted by atomic mass is 9.89. The van der Waals surface area contributed by atoms with Crippen LogP contribution in [-0.2, 0) is 14.3 Å². The maximum Gasteiger partial charge on any atom is 0.332 e. The maximum atomic E-state index is 12.0. The van der Waals surface area contributed by atoms with Gasteiger partial charge in [-0.2, -0.15) is 0 Å². The summed E-state index contributed by atoms with van der Waals surface area (Å²) in [6.45, 7) is 0.431. The summed E-state index contributed by atoms with van der Waals surface area (Å²) in [6.07, 6.45) is 5.66. The van der Waals surface area contributed by atoms with Crippen LogP contribution in [0.15, 0.2) is 0 Å². The third kappa shape index (κ3) is 3.74. The van der Waals surface area contributed by atoms with Gasteiger partial charge in [0.2, 0.25) is 5.91 Å². The highest BCUT2D eigenvalue weighted by molar-refractivity contribution is 5.76. The number of ether oxygens (including phenoxy) is 1. The van der Waals surface area contributed by atoms with Crippen LogP contribution in [0.25, 0.3) is 0 Å². The summed E-state index contributed by atoms with van der Waals surface area (Å²) in [5.74, 6) is -0.349. The third-order valence-corrected chi connectivity index (χ3v) is 4.95. The van der Waals surface area contributed by atoms with Crippen molar-refractivity contribution in [2.75, 3.05) is 6.54 Å². The van der Waals surface area contributed by atoms with Gasteiger partial charge in [0.05, 0.1) is 6.10 Å². The monoisotopic (exact) mass is 296 g/mol. The molecule has 0 aromatic carbocycles. The highest BCUT2D eigenvalue weighted by Gasteiger charge is 2.34.